The lowest BCUT2D eigenvalue weighted by atomic mass is 10.3. The van der Waals surface area contributed by atoms with E-state index in [0.29, 0.717) is 19.6 Å². The molecule has 21 heavy (non-hydrogen) atoms. The average Bonchev–Trinajstić information content (AvgIpc) is 2.95. The molecule has 0 aliphatic carbocycles. The van der Waals surface area contributed by atoms with E-state index in [1.165, 1.54) is 0 Å². The second-order valence-electron chi connectivity index (χ2n) is 4.89. The lowest BCUT2D eigenvalue weighted by Crippen LogP contribution is -2.13. The van der Waals surface area contributed by atoms with Crippen molar-refractivity contribution in [3.63, 3.8) is 0 Å². The number of aromatic nitrogens is 4. The van der Waals surface area contributed by atoms with E-state index in [1.54, 1.807) is 11.6 Å². The highest BCUT2D eigenvalue weighted by atomic mass is 35.5. The molecule has 0 saturated carbocycles. The number of halogens is 1. The minimum atomic E-state index is -0.232. The molecule has 116 valence electrons. The van der Waals surface area contributed by atoms with E-state index in [2.05, 4.69) is 10.1 Å². The number of hydrogen-bond acceptors (Lipinski definition) is 4. The van der Waals surface area contributed by atoms with Crippen molar-refractivity contribution in [2.75, 3.05) is 6.61 Å². The smallest absolute Gasteiger partial charge is 0.307 e. The molecule has 0 N–H and O–H groups in total. The van der Waals surface area contributed by atoms with E-state index in [-0.39, 0.29) is 11.3 Å². The van der Waals surface area contributed by atoms with E-state index in [0.717, 1.165) is 29.1 Å². The van der Waals surface area contributed by atoms with Gasteiger partial charge in [0.2, 0.25) is 0 Å². The van der Waals surface area contributed by atoms with Crippen molar-refractivity contribution in [3.05, 3.63) is 11.5 Å². The Morgan fingerprint density at radius 2 is 2.14 bits per heavy atom. The number of rotatable bonds is 6. The van der Waals surface area contributed by atoms with Gasteiger partial charge in [0, 0.05) is 13.6 Å². The van der Waals surface area contributed by atoms with Crippen LogP contribution >= 0.6 is 11.6 Å². The molecular formula is C14H21ClN4O2. The molecule has 7 heteroatoms. The van der Waals surface area contributed by atoms with Crippen molar-refractivity contribution in [2.45, 2.75) is 45.5 Å². The highest BCUT2D eigenvalue weighted by Crippen LogP contribution is 2.26. The molecule has 0 radical (unpaired) electrons. The topological polar surface area (TPSA) is 61.9 Å². The molecular weight excluding hydrogens is 292 g/mol. The summed E-state index contributed by atoms with van der Waals surface area (Å²) < 4.78 is 8.75. The third-order valence-electron chi connectivity index (χ3n) is 3.36. The van der Waals surface area contributed by atoms with E-state index in [4.69, 9.17) is 16.3 Å². The molecule has 0 fully saturated rings. The SMILES string of the molecule is CCOC(=O)CCn1c(C(C)Cl)nc2c(CC)nn(C)c21. The number of esters is 1. The number of carbonyl (C=O) groups excluding carboxylic acids is 1. The predicted molar refractivity (Wildman–Crippen MR) is 81.4 cm³/mol. The van der Waals surface area contributed by atoms with Gasteiger partial charge in [-0.2, -0.15) is 5.10 Å². The second kappa shape index (κ2) is 6.47. The van der Waals surface area contributed by atoms with Crippen LogP contribution in [0.25, 0.3) is 11.2 Å². The van der Waals surface area contributed by atoms with Crippen molar-refractivity contribution in [3.8, 4) is 0 Å². The molecule has 0 aromatic carbocycles. The number of imidazole rings is 1. The number of hydrogen-bond donors (Lipinski definition) is 0. The van der Waals surface area contributed by atoms with Gasteiger partial charge in [0.15, 0.2) is 5.65 Å². The number of ether oxygens (including phenoxy) is 1. The molecule has 2 aromatic rings. The molecule has 0 aliphatic heterocycles. The molecule has 1 unspecified atom stereocenters. The first-order valence-corrected chi connectivity index (χ1v) is 7.64. The van der Waals surface area contributed by atoms with Crippen molar-refractivity contribution < 1.29 is 9.53 Å². The van der Waals surface area contributed by atoms with E-state index >= 15 is 0 Å². The van der Waals surface area contributed by atoms with Crippen LogP contribution in [0.2, 0.25) is 0 Å². The van der Waals surface area contributed by atoms with Crippen LogP contribution in [0.3, 0.4) is 0 Å². The van der Waals surface area contributed by atoms with Gasteiger partial charge < -0.3 is 9.30 Å². The van der Waals surface area contributed by atoms with Gasteiger partial charge in [0.05, 0.1) is 24.1 Å². The van der Waals surface area contributed by atoms with Crippen LogP contribution in [0.5, 0.6) is 0 Å². The third kappa shape index (κ3) is 3.05. The summed E-state index contributed by atoms with van der Waals surface area (Å²) in [6, 6.07) is 0. The summed E-state index contributed by atoms with van der Waals surface area (Å²) in [5, 5.41) is 4.23. The number of nitrogens with zero attached hydrogens (tertiary/aromatic N) is 4. The van der Waals surface area contributed by atoms with Gasteiger partial charge >= 0.3 is 5.97 Å². The van der Waals surface area contributed by atoms with E-state index in [9.17, 15) is 4.79 Å². The first kappa shape index (κ1) is 15.8. The molecule has 1 atom stereocenters. The van der Waals surface area contributed by atoms with Crippen molar-refractivity contribution in [2.24, 2.45) is 7.05 Å². The predicted octanol–water partition coefficient (Wildman–Crippen LogP) is 2.59. The molecule has 6 nitrogen and oxygen atoms in total. The summed E-state index contributed by atoms with van der Waals surface area (Å²) in [6.07, 6.45) is 1.10. The van der Waals surface area contributed by atoms with Crippen molar-refractivity contribution in [1.29, 1.82) is 0 Å². The molecule has 2 rings (SSSR count). The van der Waals surface area contributed by atoms with Gasteiger partial charge in [-0.15, -0.1) is 11.6 Å². The van der Waals surface area contributed by atoms with Crippen LogP contribution in [0.15, 0.2) is 0 Å². The molecule has 0 aliphatic rings. The highest BCUT2D eigenvalue weighted by molar-refractivity contribution is 6.20. The first-order chi connectivity index (χ1) is 9.99. The lowest BCUT2D eigenvalue weighted by Gasteiger charge is -2.10. The van der Waals surface area contributed by atoms with Crippen LogP contribution in [0.4, 0.5) is 0 Å². The maximum atomic E-state index is 11.6. The summed E-state index contributed by atoms with van der Waals surface area (Å²) in [5.74, 6) is 0.545. The van der Waals surface area contributed by atoms with E-state index < -0.39 is 0 Å². The van der Waals surface area contributed by atoms with Crippen LogP contribution in [-0.2, 0) is 29.5 Å². The standard InChI is InChI=1S/C14H21ClN4O2/c1-5-10-12-14(18(4)17-10)19(13(16-12)9(3)15)8-7-11(20)21-6-2/h9H,5-8H2,1-4H3. The van der Waals surface area contributed by atoms with E-state index in [1.807, 2.05) is 25.5 Å². The zero-order valence-electron chi connectivity index (χ0n) is 12.9. The molecule has 2 aromatic heterocycles. The van der Waals surface area contributed by atoms with Crippen molar-refractivity contribution >= 4 is 28.7 Å². The Balaban J connectivity index is 2.41. The van der Waals surface area contributed by atoms with Crippen LogP contribution in [0, 0.1) is 0 Å². The number of fused-ring (bicyclic) bond motifs is 1. The largest absolute Gasteiger partial charge is 0.466 e. The fraction of sp³-hybridized carbons (Fsp3) is 0.643. The fourth-order valence-electron chi connectivity index (χ4n) is 2.46. The Kier molecular flexibility index (Phi) is 4.88. The third-order valence-corrected chi connectivity index (χ3v) is 3.55. The second-order valence-corrected chi connectivity index (χ2v) is 5.54. The maximum Gasteiger partial charge on any atom is 0.307 e. The Morgan fingerprint density at radius 1 is 1.43 bits per heavy atom. The molecule has 0 spiro atoms. The van der Waals surface area contributed by atoms with Crippen LogP contribution in [0.1, 0.15) is 44.1 Å². The quantitative estimate of drug-likeness (QED) is 0.607. The van der Waals surface area contributed by atoms with Gasteiger partial charge in [-0.3, -0.25) is 9.48 Å². The van der Waals surface area contributed by atoms with Crippen LogP contribution < -0.4 is 0 Å². The summed E-state index contributed by atoms with van der Waals surface area (Å²) in [4.78, 5) is 16.2. The summed E-state index contributed by atoms with van der Waals surface area (Å²) in [6.45, 7) is 6.60. The zero-order chi connectivity index (χ0) is 15.6. The molecule has 0 saturated heterocycles. The minimum absolute atomic E-state index is 0.217. The van der Waals surface area contributed by atoms with Gasteiger partial charge in [-0.1, -0.05) is 6.92 Å². The van der Waals surface area contributed by atoms with Crippen molar-refractivity contribution in [1.82, 2.24) is 19.3 Å². The lowest BCUT2D eigenvalue weighted by molar-refractivity contribution is -0.143. The Hall–Kier alpha value is -1.56. The van der Waals surface area contributed by atoms with Gasteiger partial charge in [-0.05, 0) is 20.3 Å². The summed E-state index contributed by atoms with van der Waals surface area (Å²) in [7, 11) is 1.88. The average molecular weight is 313 g/mol. The molecule has 0 bridgehead atoms. The molecule has 0 amide bonds. The fourth-order valence-corrected chi connectivity index (χ4v) is 2.62. The maximum absolute atomic E-state index is 11.6. The normalized spacial score (nSPS) is 12.8. The first-order valence-electron chi connectivity index (χ1n) is 7.21. The van der Waals surface area contributed by atoms with Crippen LogP contribution in [-0.4, -0.2) is 31.9 Å². The van der Waals surface area contributed by atoms with Gasteiger partial charge in [0.1, 0.15) is 11.3 Å². The highest BCUT2D eigenvalue weighted by Gasteiger charge is 2.21. The Morgan fingerprint density at radius 3 is 2.71 bits per heavy atom. The minimum Gasteiger partial charge on any atom is -0.466 e. The summed E-state index contributed by atoms with van der Waals surface area (Å²) >= 11 is 6.23. The van der Waals surface area contributed by atoms with Gasteiger partial charge in [-0.25, -0.2) is 4.98 Å². The Labute approximate surface area is 129 Å². The zero-order valence-corrected chi connectivity index (χ0v) is 13.6. The Bertz CT molecular complexity index is 645. The number of aryl methyl sites for hydroxylation is 3. The van der Waals surface area contributed by atoms with Gasteiger partial charge in [0.25, 0.3) is 0 Å². The number of alkyl halides is 1. The number of carbonyl (C=O) groups is 1. The monoisotopic (exact) mass is 312 g/mol. The summed E-state index contributed by atoms with van der Waals surface area (Å²) in [5.41, 5.74) is 2.71. The molecule has 2 heterocycles.